The molecule has 1 heterocycles. The molecule has 0 saturated carbocycles. The van der Waals surface area contributed by atoms with Gasteiger partial charge in [-0.25, -0.2) is 9.07 Å². The van der Waals surface area contributed by atoms with Crippen LogP contribution in [-0.4, -0.2) is 21.3 Å². The van der Waals surface area contributed by atoms with Crippen molar-refractivity contribution in [2.45, 2.75) is 6.92 Å². The Labute approximate surface area is 132 Å². The van der Waals surface area contributed by atoms with Gasteiger partial charge in [-0.05, 0) is 36.4 Å². The Hall–Kier alpha value is -3.08. The van der Waals surface area contributed by atoms with Crippen LogP contribution in [0.2, 0.25) is 0 Å². The highest BCUT2D eigenvalue weighted by molar-refractivity contribution is 6.14. The smallest absolute Gasteiger partial charge is 0.196 e. The molecule has 0 amide bonds. The first-order valence-electron chi connectivity index (χ1n) is 7.02. The fourth-order valence-corrected chi connectivity index (χ4v) is 2.27. The predicted molar refractivity (Wildman–Crippen MR) is 83.4 cm³/mol. The lowest BCUT2D eigenvalue weighted by molar-refractivity contribution is 0.0987. The molecular weight excluding hydrogens is 295 g/mol. The first-order chi connectivity index (χ1) is 11.1. The lowest BCUT2D eigenvalue weighted by Gasteiger charge is -2.00. The first kappa shape index (κ1) is 14.8. The number of benzene rings is 2. The molecule has 0 spiro atoms. The van der Waals surface area contributed by atoms with Crippen molar-refractivity contribution in [1.82, 2.24) is 9.78 Å². The van der Waals surface area contributed by atoms with E-state index in [1.165, 1.54) is 42.1 Å². The molecule has 3 rings (SSSR count). The zero-order valence-electron chi connectivity index (χ0n) is 12.4. The number of nitrogens with zero attached hydrogens (tertiary/aromatic N) is 2. The molecule has 4 nitrogen and oxygen atoms in total. The van der Waals surface area contributed by atoms with E-state index in [2.05, 4.69) is 5.10 Å². The number of hydrogen-bond acceptors (Lipinski definition) is 3. The van der Waals surface area contributed by atoms with E-state index in [9.17, 15) is 14.0 Å². The molecule has 5 heteroatoms. The van der Waals surface area contributed by atoms with Gasteiger partial charge in [-0.15, -0.1) is 0 Å². The Bertz CT molecular complexity index is 868. The van der Waals surface area contributed by atoms with E-state index < -0.39 is 5.82 Å². The lowest BCUT2D eigenvalue weighted by Crippen LogP contribution is -2.06. The lowest BCUT2D eigenvalue weighted by atomic mass is 10.0. The Morgan fingerprint density at radius 1 is 1.00 bits per heavy atom. The van der Waals surface area contributed by atoms with Crippen LogP contribution >= 0.6 is 0 Å². The summed E-state index contributed by atoms with van der Waals surface area (Å²) < 4.78 is 14.5. The van der Waals surface area contributed by atoms with Crippen LogP contribution in [0.1, 0.15) is 33.3 Å². The van der Waals surface area contributed by atoms with Crippen LogP contribution in [0.4, 0.5) is 4.39 Å². The molecule has 0 aliphatic carbocycles. The molecule has 0 fully saturated rings. The minimum atomic E-state index is -0.423. The third-order valence-electron chi connectivity index (χ3n) is 3.42. The summed E-state index contributed by atoms with van der Waals surface area (Å²) >= 11 is 0. The van der Waals surface area contributed by atoms with Crippen molar-refractivity contribution in [2.75, 3.05) is 0 Å². The van der Waals surface area contributed by atoms with Crippen molar-refractivity contribution in [3.8, 4) is 5.69 Å². The van der Waals surface area contributed by atoms with E-state index in [4.69, 9.17) is 0 Å². The standard InChI is InChI=1S/C18H13FN2O2/c1-12(22)17-16(18(23)13-7-9-14(19)10-8-13)11-21(20-17)15-5-3-2-4-6-15/h2-11H,1H3. The largest absolute Gasteiger partial charge is 0.293 e. The number of aromatic nitrogens is 2. The zero-order valence-corrected chi connectivity index (χ0v) is 12.4. The SMILES string of the molecule is CC(=O)c1nn(-c2ccccc2)cc1C(=O)c1ccc(F)cc1. The van der Waals surface area contributed by atoms with E-state index in [0.29, 0.717) is 5.56 Å². The van der Waals surface area contributed by atoms with Crippen molar-refractivity contribution in [2.24, 2.45) is 0 Å². The second kappa shape index (κ2) is 5.96. The van der Waals surface area contributed by atoms with Crippen LogP contribution in [-0.2, 0) is 0 Å². The van der Waals surface area contributed by atoms with Crippen molar-refractivity contribution >= 4 is 11.6 Å². The van der Waals surface area contributed by atoms with Gasteiger partial charge in [0.25, 0.3) is 0 Å². The predicted octanol–water partition coefficient (Wildman–Crippen LogP) is 3.45. The Kier molecular flexibility index (Phi) is 3.85. The highest BCUT2D eigenvalue weighted by Gasteiger charge is 2.21. The van der Waals surface area contributed by atoms with Crippen LogP contribution < -0.4 is 0 Å². The maximum absolute atomic E-state index is 13.0. The van der Waals surface area contributed by atoms with E-state index in [0.717, 1.165) is 5.69 Å². The van der Waals surface area contributed by atoms with E-state index in [1.54, 1.807) is 0 Å². The van der Waals surface area contributed by atoms with Gasteiger partial charge in [0, 0.05) is 18.7 Å². The first-order valence-corrected chi connectivity index (χ1v) is 7.02. The number of Topliss-reactive ketones (excluding diaryl/α,β-unsaturated/α-hetero) is 1. The Morgan fingerprint density at radius 3 is 2.26 bits per heavy atom. The van der Waals surface area contributed by atoms with Gasteiger partial charge in [0.15, 0.2) is 11.6 Å². The van der Waals surface area contributed by atoms with Crippen molar-refractivity contribution in [3.05, 3.63) is 83.4 Å². The van der Waals surface area contributed by atoms with Gasteiger partial charge in [0.1, 0.15) is 11.5 Å². The van der Waals surface area contributed by atoms with Gasteiger partial charge in [-0.2, -0.15) is 5.10 Å². The van der Waals surface area contributed by atoms with Gasteiger partial charge in [0.05, 0.1) is 11.3 Å². The zero-order chi connectivity index (χ0) is 16.4. The van der Waals surface area contributed by atoms with Gasteiger partial charge in [0.2, 0.25) is 0 Å². The number of carbonyl (C=O) groups excluding carboxylic acids is 2. The molecular formula is C18H13FN2O2. The van der Waals surface area contributed by atoms with Gasteiger partial charge in [-0.3, -0.25) is 9.59 Å². The molecule has 0 bridgehead atoms. The summed E-state index contributed by atoms with van der Waals surface area (Å²) in [7, 11) is 0. The molecule has 0 saturated heterocycles. The van der Waals surface area contributed by atoms with E-state index in [1.807, 2.05) is 30.3 Å². The summed E-state index contributed by atoms with van der Waals surface area (Å²) in [6, 6.07) is 14.4. The van der Waals surface area contributed by atoms with E-state index >= 15 is 0 Å². The summed E-state index contributed by atoms with van der Waals surface area (Å²) in [6.07, 6.45) is 1.53. The van der Waals surface area contributed by atoms with Crippen molar-refractivity contribution in [1.29, 1.82) is 0 Å². The number of carbonyl (C=O) groups is 2. The number of rotatable bonds is 4. The Balaban J connectivity index is 2.07. The highest BCUT2D eigenvalue weighted by Crippen LogP contribution is 2.17. The number of halogens is 1. The van der Waals surface area contributed by atoms with Crippen molar-refractivity contribution < 1.29 is 14.0 Å². The highest BCUT2D eigenvalue weighted by atomic mass is 19.1. The average Bonchev–Trinajstić information content (AvgIpc) is 3.01. The fraction of sp³-hybridized carbons (Fsp3) is 0.0556. The minimum absolute atomic E-state index is 0.100. The fourth-order valence-electron chi connectivity index (χ4n) is 2.27. The Morgan fingerprint density at radius 2 is 1.65 bits per heavy atom. The molecule has 3 aromatic rings. The topological polar surface area (TPSA) is 52.0 Å². The summed E-state index contributed by atoms with van der Waals surface area (Å²) in [5, 5.41) is 4.22. The van der Waals surface area contributed by atoms with Gasteiger partial charge in [-0.1, -0.05) is 18.2 Å². The average molecular weight is 308 g/mol. The molecule has 1 aromatic heterocycles. The maximum atomic E-state index is 13.0. The molecule has 23 heavy (non-hydrogen) atoms. The summed E-state index contributed by atoms with van der Waals surface area (Å²) in [4.78, 5) is 24.4. The third kappa shape index (κ3) is 2.94. The molecule has 0 N–H and O–H groups in total. The second-order valence-corrected chi connectivity index (χ2v) is 5.06. The molecule has 114 valence electrons. The van der Waals surface area contributed by atoms with Crippen LogP contribution in [0, 0.1) is 5.82 Å². The van der Waals surface area contributed by atoms with Crippen LogP contribution in [0.5, 0.6) is 0 Å². The quantitative estimate of drug-likeness (QED) is 0.694. The number of hydrogen-bond donors (Lipinski definition) is 0. The van der Waals surface area contributed by atoms with Gasteiger partial charge < -0.3 is 0 Å². The molecule has 0 aliphatic rings. The molecule has 0 aliphatic heterocycles. The van der Waals surface area contributed by atoms with E-state index in [-0.39, 0.29) is 22.8 Å². The molecule has 0 unspecified atom stereocenters. The summed E-state index contributed by atoms with van der Waals surface area (Å²) in [6.45, 7) is 1.36. The maximum Gasteiger partial charge on any atom is 0.196 e. The molecule has 0 atom stereocenters. The van der Waals surface area contributed by atoms with Crippen LogP contribution in [0.25, 0.3) is 5.69 Å². The number of ketones is 2. The normalized spacial score (nSPS) is 10.5. The molecule has 0 radical (unpaired) electrons. The molecule has 2 aromatic carbocycles. The van der Waals surface area contributed by atoms with Crippen molar-refractivity contribution in [3.63, 3.8) is 0 Å². The number of para-hydroxylation sites is 1. The van der Waals surface area contributed by atoms with Crippen LogP contribution in [0.15, 0.2) is 60.8 Å². The van der Waals surface area contributed by atoms with Gasteiger partial charge >= 0.3 is 0 Å². The second-order valence-electron chi connectivity index (χ2n) is 5.06. The van der Waals surface area contributed by atoms with Crippen LogP contribution in [0.3, 0.4) is 0 Å². The third-order valence-corrected chi connectivity index (χ3v) is 3.42. The summed E-state index contributed by atoms with van der Waals surface area (Å²) in [5.74, 6) is -1.09. The monoisotopic (exact) mass is 308 g/mol. The minimum Gasteiger partial charge on any atom is -0.293 e. The summed E-state index contributed by atoms with van der Waals surface area (Å²) in [5.41, 5.74) is 1.35.